The minimum absolute atomic E-state index is 0.00264. The Labute approximate surface area is 86.4 Å². The van der Waals surface area contributed by atoms with E-state index < -0.39 is 0 Å². The molecule has 0 aromatic carbocycles. The van der Waals surface area contributed by atoms with Gasteiger partial charge in [-0.2, -0.15) is 4.80 Å². The minimum atomic E-state index is -0.347. The molecule has 1 amide bonds. The summed E-state index contributed by atoms with van der Waals surface area (Å²) in [5.74, 6) is 5.18. The summed E-state index contributed by atoms with van der Waals surface area (Å²) < 4.78 is 0. The molecule has 0 spiro atoms. The molecule has 2 heterocycles. The van der Waals surface area contributed by atoms with Crippen molar-refractivity contribution in [2.24, 2.45) is 5.84 Å². The Balaban J connectivity index is 2.00. The number of carbonyl (C=O) groups is 1. The van der Waals surface area contributed by atoms with Gasteiger partial charge in [0.1, 0.15) is 6.54 Å². The van der Waals surface area contributed by atoms with Crippen molar-refractivity contribution in [1.29, 1.82) is 0 Å². The van der Waals surface area contributed by atoms with Gasteiger partial charge in [0.2, 0.25) is 0 Å². The normalized spacial score (nSPS) is 15.7. The highest BCUT2D eigenvalue weighted by Gasteiger charge is 2.17. The van der Waals surface area contributed by atoms with Crippen molar-refractivity contribution in [2.75, 3.05) is 18.0 Å². The smallest absolute Gasteiger partial charge is 0.266 e. The molecule has 1 aromatic rings. The number of hydrogen-bond acceptors (Lipinski definition) is 6. The van der Waals surface area contributed by atoms with Gasteiger partial charge < -0.3 is 4.90 Å². The van der Waals surface area contributed by atoms with Crippen molar-refractivity contribution < 1.29 is 4.79 Å². The van der Waals surface area contributed by atoms with Gasteiger partial charge in [-0.1, -0.05) is 5.10 Å². The maximum absolute atomic E-state index is 10.9. The lowest BCUT2D eigenvalue weighted by Gasteiger charge is -2.09. The molecule has 15 heavy (non-hydrogen) atoms. The van der Waals surface area contributed by atoms with E-state index in [9.17, 15) is 4.79 Å². The maximum atomic E-state index is 10.9. The van der Waals surface area contributed by atoms with E-state index in [-0.39, 0.29) is 12.5 Å². The van der Waals surface area contributed by atoms with Crippen molar-refractivity contribution in [3.63, 3.8) is 0 Å². The Morgan fingerprint density at radius 2 is 2.20 bits per heavy atom. The first-order valence-corrected chi connectivity index (χ1v) is 4.82. The third-order valence-corrected chi connectivity index (χ3v) is 2.28. The van der Waals surface area contributed by atoms with Crippen LogP contribution >= 0.6 is 0 Å². The molecule has 1 aliphatic heterocycles. The molecule has 8 heteroatoms. The summed E-state index contributed by atoms with van der Waals surface area (Å²) in [5, 5.41) is 11.7. The standard InChI is InChI=1S/C7H13N7O/c8-9-6(15)5-14-11-7(10-12-14)13-3-1-2-4-13/h1-5,8H2,(H,9,15). The molecule has 0 unspecified atom stereocenters. The van der Waals surface area contributed by atoms with Gasteiger partial charge in [0.25, 0.3) is 11.9 Å². The number of aromatic nitrogens is 4. The maximum Gasteiger partial charge on any atom is 0.266 e. The average Bonchev–Trinajstić information content (AvgIpc) is 2.85. The number of tetrazole rings is 1. The molecule has 0 radical (unpaired) electrons. The Morgan fingerprint density at radius 1 is 1.47 bits per heavy atom. The molecule has 1 aliphatic rings. The molecule has 0 atom stereocenters. The second kappa shape index (κ2) is 4.22. The number of rotatable bonds is 3. The topological polar surface area (TPSA) is 102 Å². The molecule has 0 aliphatic carbocycles. The summed E-state index contributed by atoms with van der Waals surface area (Å²) in [7, 11) is 0. The van der Waals surface area contributed by atoms with Crippen molar-refractivity contribution in [3.05, 3.63) is 0 Å². The Kier molecular flexibility index (Phi) is 2.77. The second-order valence-corrected chi connectivity index (χ2v) is 3.38. The Morgan fingerprint density at radius 3 is 2.87 bits per heavy atom. The fourth-order valence-corrected chi connectivity index (χ4v) is 1.52. The zero-order chi connectivity index (χ0) is 10.7. The number of nitrogens with one attached hydrogen (secondary N) is 1. The SMILES string of the molecule is NNC(=O)Cn1nnc(N2CCCC2)n1. The van der Waals surface area contributed by atoms with E-state index in [1.54, 1.807) is 0 Å². The number of amides is 1. The van der Waals surface area contributed by atoms with Crippen LogP contribution in [0.5, 0.6) is 0 Å². The van der Waals surface area contributed by atoms with Crippen LogP contribution in [0, 0.1) is 0 Å². The third-order valence-electron chi connectivity index (χ3n) is 2.28. The predicted molar refractivity (Wildman–Crippen MR) is 51.6 cm³/mol. The van der Waals surface area contributed by atoms with Crippen LogP contribution in [0.4, 0.5) is 5.95 Å². The monoisotopic (exact) mass is 211 g/mol. The lowest BCUT2D eigenvalue weighted by molar-refractivity contribution is -0.122. The lowest BCUT2D eigenvalue weighted by Crippen LogP contribution is -2.33. The molecule has 0 saturated carbocycles. The summed E-state index contributed by atoms with van der Waals surface area (Å²) in [6.45, 7) is 1.90. The Bertz CT molecular complexity index is 343. The van der Waals surface area contributed by atoms with Gasteiger partial charge >= 0.3 is 0 Å². The average molecular weight is 211 g/mol. The molecular formula is C7H13N7O. The van der Waals surface area contributed by atoms with E-state index in [4.69, 9.17) is 5.84 Å². The summed E-state index contributed by atoms with van der Waals surface area (Å²) in [6.07, 6.45) is 2.30. The van der Waals surface area contributed by atoms with Gasteiger partial charge in [-0.25, -0.2) is 5.84 Å². The van der Waals surface area contributed by atoms with E-state index in [1.807, 2.05) is 10.3 Å². The zero-order valence-corrected chi connectivity index (χ0v) is 8.26. The first kappa shape index (κ1) is 9.84. The summed E-state index contributed by atoms with van der Waals surface area (Å²) in [5.41, 5.74) is 2.01. The predicted octanol–water partition coefficient (Wildman–Crippen LogP) is -1.74. The molecule has 0 bridgehead atoms. The highest BCUT2D eigenvalue weighted by Crippen LogP contribution is 2.13. The number of nitrogens with zero attached hydrogens (tertiary/aromatic N) is 5. The molecule has 82 valence electrons. The quantitative estimate of drug-likeness (QED) is 0.350. The number of hydrogen-bond donors (Lipinski definition) is 2. The van der Waals surface area contributed by atoms with Gasteiger partial charge in [-0.15, -0.1) is 5.10 Å². The largest absolute Gasteiger partial charge is 0.338 e. The molecule has 3 N–H and O–H groups in total. The Hall–Kier alpha value is -1.70. The molecule has 1 saturated heterocycles. The van der Waals surface area contributed by atoms with Gasteiger partial charge in [0.15, 0.2) is 0 Å². The molecule has 1 fully saturated rings. The van der Waals surface area contributed by atoms with E-state index in [2.05, 4.69) is 15.4 Å². The second-order valence-electron chi connectivity index (χ2n) is 3.38. The van der Waals surface area contributed by atoms with Crippen molar-refractivity contribution >= 4 is 11.9 Å². The van der Waals surface area contributed by atoms with Crippen LogP contribution < -0.4 is 16.2 Å². The van der Waals surface area contributed by atoms with E-state index >= 15 is 0 Å². The van der Waals surface area contributed by atoms with Crippen LogP contribution in [0.1, 0.15) is 12.8 Å². The number of hydrazine groups is 1. The molecule has 2 rings (SSSR count). The van der Waals surface area contributed by atoms with Crippen LogP contribution in [-0.4, -0.2) is 39.2 Å². The van der Waals surface area contributed by atoms with Crippen molar-refractivity contribution in [1.82, 2.24) is 25.6 Å². The van der Waals surface area contributed by atoms with Gasteiger partial charge in [-0.05, 0) is 18.1 Å². The van der Waals surface area contributed by atoms with Crippen molar-refractivity contribution in [3.8, 4) is 0 Å². The van der Waals surface area contributed by atoms with Crippen LogP contribution in [0.3, 0.4) is 0 Å². The third kappa shape index (κ3) is 2.21. The zero-order valence-electron chi connectivity index (χ0n) is 8.26. The highest BCUT2D eigenvalue weighted by molar-refractivity contribution is 5.74. The summed E-state index contributed by atoms with van der Waals surface area (Å²) in [6, 6.07) is 0. The van der Waals surface area contributed by atoms with Crippen LogP contribution in [0.25, 0.3) is 0 Å². The highest BCUT2D eigenvalue weighted by atomic mass is 16.2. The number of nitrogens with two attached hydrogens (primary N) is 1. The summed E-state index contributed by atoms with van der Waals surface area (Å²) in [4.78, 5) is 14.2. The number of carbonyl (C=O) groups excluding carboxylic acids is 1. The minimum Gasteiger partial charge on any atom is -0.338 e. The summed E-state index contributed by atoms with van der Waals surface area (Å²) >= 11 is 0. The fraction of sp³-hybridized carbons (Fsp3) is 0.714. The van der Waals surface area contributed by atoms with Gasteiger partial charge in [-0.3, -0.25) is 10.2 Å². The first-order chi connectivity index (χ1) is 7.29. The first-order valence-electron chi connectivity index (χ1n) is 4.82. The van der Waals surface area contributed by atoms with Gasteiger partial charge in [0, 0.05) is 13.1 Å². The lowest BCUT2D eigenvalue weighted by atomic mass is 10.4. The molecular weight excluding hydrogens is 198 g/mol. The molecule has 1 aromatic heterocycles. The van der Waals surface area contributed by atoms with Crippen LogP contribution in [0.15, 0.2) is 0 Å². The van der Waals surface area contributed by atoms with Crippen LogP contribution in [0.2, 0.25) is 0 Å². The van der Waals surface area contributed by atoms with Crippen LogP contribution in [-0.2, 0) is 11.3 Å². The van der Waals surface area contributed by atoms with E-state index in [0.717, 1.165) is 25.9 Å². The molecule has 8 nitrogen and oxygen atoms in total. The fourth-order valence-electron chi connectivity index (χ4n) is 1.52. The number of anilines is 1. The van der Waals surface area contributed by atoms with Gasteiger partial charge in [0.05, 0.1) is 0 Å². The van der Waals surface area contributed by atoms with E-state index in [1.165, 1.54) is 4.80 Å². The van der Waals surface area contributed by atoms with Crippen molar-refractivity contribution in [2.45, 2.75) is 19.4 Å². The van der Waals surface area contributed by atoms with E-state index in [0.29, 0.717) is 5.95 Å².